The van der Waals surface area contributed by atoms with Crippen LogP contribution in [0.5, 0.6) is 0 Å². The number of carboxylic acid groups (broad SMARTS) is 1. The van der Waals surface area contributed by atoms with Crippen molar-refractivity contribution in [3.05, 3.63) is 0 Å². The Bertz CT molecular complexity index is 465. The van der Waals surface area contributed by atoms with Crippen LogP contribution in [-0.4, -0.2) is 62.4 Å². The number of urea groups is 1. The molecule has 0 aliphatic carbocycles. The van der Waals surface area contributed by atoms with Gasteiger partial charge in [-0.3, -0.25) is 4.79 Å². The van der Waals surface area contributed by atoms with E-state index >= 15 is 0 Å². The lowest BCUT2D eigenvalue weighted by molar-refractivity contribution is -0.142. The minimum atomic E-state index is -3.36. The van der Waals surface area contributed by atoms with Crippen molar-refractivity contribution in [2.24, 2.45) is 11.8 Å². The smallest absolute Gasteiger partial charge is 0.317 e. The van der Waals surface area contributed by atoms with Crippen molar-refractivity contribution in [1.29, 1.82) is 0 Å². The van der Waals surface area contributed by atoms with Gasteiger partial charge in [0, 0.05) is 26.2 Å². The molecule has 2 unspecified atom stereocenters. The zero-order valence-corrected chi connectivity index (χ0v) is 12.4. The van der Waals surface area contributed by atoms with E-state index in [4.69, 9.17) is 5.11 Å². The van der Waals surface area contributed by atoms with Crippen molar-refractivity contribution in [3.63, 3.8) is 0 Å². The summed E-state index contributed by atoms with van der Waals surface area (Å²) in [6, 6.07) is -0.424. The number of sulfonamides is 1. The van der Waals surface area contributed by atoms with Crippen LogP contribution in [0, 0.1) is 11.8 Å². The lowest BCUT2D eigenvalue weighted by Gasteiger charge is -2.16. The average Bonchev–Trinajstić information content (AvgIpc) is 2.71. The van der Waals surface area contributed by atoms with Crippen LogP contribution in [0.2, 0.25) is 0 Å². The Morgan fingerprint density at radius 3 is 2.50 bits per heavy atom. The highest BCUT2D eigenvalue weighted by Crippen LogP contribution is 2.22. The fourth-order valence-electron chi connectivity index (χ4n) is 2.15. The number of nitrogens with zero attached hydrogens (tertiary/aromatic N) is 1. The summed E-state index contributed by atoms with van der Waals surface area (Å²) >= 11 is 0. The van der Waals surface area contributed by atoms with E-state index in [9.17, 15) is 18.0 Å². The number of likely N-dealkylation sites (tertiary alicyclic amines) is 1. The molecule has 3 N–H and O–H groups in total. The maximum absolute atomic E-state index is 11.8. The Labute approximate surface area is 118 Å². The van der Waals surface area contributed by atoms with Gasteiger partial charge in [-0.25, -0.2) is 17.9 Å². The van der Waals surface area contributed by atoms with Gasteiger partial charge in [-0.1, -0.05) is 13.8 Å². The molecule has 8 nitrogen and oxygen atoms in total. The summed E-state index contributed by atoms with van der Waals surface area (Å²) in [5.74, 6) is -1.78. The fourth-order valence-corrected chi connectivity index (χ4v) is 3.11. The van der Waals surface area contributed by atoms with E-state index in [1.54, 1.807) is 13.8 Å². The third-order valence-corrected chi connectivity index (χ3v) is 4.70. The number of carboxylic acids is 1. The molecule has 1 saturated heterocycles. The molecule has 20 heavy (non-hydrogen) atoms. The highest BCUT2D eigenvalue weighted by atomic mass is 32.2. The van der Waals surface area contributed by atoms with E-state index in [-0.39, 0.29) is 24.8 Å². The van der Waals surface area contributed by atoms with E-state index in [1.807, 2.05) is 0 Å². The summed E-state index contributed by atoms with van der Waals surface area (Å²) in [7, 11) is -3.36. The summed E-state index contributed by atoms with van der Waals surface area (Å²) in [4.78, 5) is 24.2. The topological polar surface area (TPSA) is 116 Å². The zero-order valence-electron chi connectivity index (χ0n) is 11.6. The van der Waals surface area contributed by atoms with Crippen molar-refractivity contribution in [2.75, 3.05) is 31.9 Å². The first-order valence-electron chi connectivity index (χ1n) is 6.49. The second-order valence-electron chi connectivity index (χ2n) is 4.88. The van der Waals surface area contributed by atoms with Gasteiger partial charge in [-0.2, -0.15) is 0 Å². The van der Waals surface area contributed by atoms with Crippen molar-refractivity contribution in [1.82, 2.24) is 14.9 Å². The van der Waals surface area contributed by atoms with E-state index in [0.29, 0.717) is 13.1 Å². The fraction of sp³-hybridized carbons (Fsp3) is 0.818. The molecule has 1 aliphatic heterocycles. The monoisotopic (exact) mass is 307 g/mol. The van der Waals surface area contributed by atoms with Gasteiger partial charge in [0.25, 0.3) is 0 Å². The maximum atomic E-state index is 11.8. The molecule has 1 aliphatic rings. The molecule has 0 aromatic heterocycles. The first-order chi connectivity index (χ1) is 9.26. The Morgan fingerprint density at radius 2 is 2.00 bits per heavy atom. The molecule has 2 amide bonds. The van der Waals surface area contributed by atoms with Gasteiger partial charge < -0.3 is 15.3 Å². The number of carbonyl (C=O) groups is 2. The summed E-state index contributed by atoms with van der Waals surface area (Å²) in [5, 5.41) is 11.5. The molecular weight excluding hydrogens is 286 g/mol. The second kappa shape index (κ2) is 6.89. The van der Waals surface area contributed by atoms with Crippen molar-refractivity contribution < 1.29 is 23.1 Å². The summed E-state index contributed by atoms with van der Waals surface area (Å²) in [6.45, 7) is 4.28. The van der Waals surface area contributed by atoms with E-state index in [2.05, 4.69) is 10.0 Å². The third kappa shape index (κ3) is 4.64. The minimum absolute atomic E-state index is 0.00319. The van der Waals surface area contributed by atoms with Crippen LogP contribution in [0.1, 0.15) is 13.8 Å². The molecule has 0 aromatic rings. The maximum Gasteiger partial charge on any atom is 0.317 e. The molecule has 1 rings (SSSR count). The van der Waals surface area contributed by atoms with Crippen molar-refractivity contribution >= 4 is 22.0 Å². The number of aliphatic carboxylic acids is 1. The molecule has 9 heteroatoms. The molecule has 0 bridgehead atoms. The lowest BCUT2D eigenvalue weighted by Crippen LogP contribution is -2.42. The number of carbonyl (C=O) groups excluding carboxylic acids is 1. The molecular formula is C11H21N3O5S. The Balaban J connectivity index is 2.40. The predicted molar refractivity (Wildman–Crippen MR) is 72.7 cm³/mol. The summed E-state index contributed by atoms with van der Waals surface area (Å²) < 4.78 is 25.1. The molecule has 1 fully saturated rings. The number of rotatable bonds is 6. The van der Waals surface area contributed by atoms with Gasteiger partial charge in [0.05, 0.1) is 11.7 Å². The number of hydrogen-bond donors (Lipinski definition) is 3. The van der Waals surface area contributed by atoms with Crippen LogP contribution in [0.3, 0.4) is 0 Å². The molecule has 0 saturated carbocycles. The van der Waals surface area contributed by atoms with Crippen LogP contribution in [-0.2, 0) is 14.8 Å². The van der Waals surface area contributed by atoms with Crippen LogP contribution in [0.25, 0.3) is 0 Å². The molecule has 0 spiro atoms. The van der Waals surface area contributed by atoms with Crippen LogP contribution in [0.4, 0.5) is 4.79 Å². The van der Waals surface area contributed by atoms with Gasteiger partial charge >= 0.3 is 12.0 Å². The van der Waals surface area contributed by atoms with Crippen LogP contribution >= 0.6 is 0 Å². The quantitative estimate of drug-likeness (QED) is 0.599. The number of hydrogen-bond acceptors (Lipinski definition) is 4. The van der Waals surface area contributed by atoms with Gasteiger partial charge in [0.1, 0.15) is 0 Å². The first-order valence-corrected chi connectivity index (χ1v) is 8.15. The Morgan fingerprint density at radius 1 is 1.35 bits per heavy atom. The second-order valence-corrected chi connectivity index (χ2v) is 6.80. The lowest BCUT2D eigenvalue weighted by atomic mass is 9.99. The Kier molecular flexibility index (Phi) is 5.75. The molecule has 2 atom stereocenters. The molecule has 116 valence electrons. The predicted octanol–water partition coefficient (Wildman–Crippen LogP) is -0.712. The highest BCUT2D eigenvalue weighted by Gasteiger charge is 2.36. The summed E-state index contributed by atoms with van der Waals surface area (Å²) in [6.07, 6.45) is 0. The van der Waals surface area contributed by atoms with Gasteiger partial charge in [0.15, 0.2) is 0 Å². The van der Waals surface area contributed by atoms with Crippen molar-refractivity contribution in [3.8, 4) is 0 Å². The standard InChI is InChI=1S/C11H21N3O5S/c1-3-13-20(18,19)5-4-12-11(17)14-6-8(2)9(7-14)10(15)16/h8-9,13H,3-7H2,1-2H3,(H,12,17)(H,15,16). The third-order valence-electron chi connectivity index (χ3n) is 3.23. The zero-order chi connectivity index (χ0) is 15.3. The first kappa shape index (κ1) is 16.7. The van der Waals surface area contributed by atoms with Gasteiger partial charge in [-0.15, -0.1) is 0 Å². The molecule has 0 radical (unpaired) electrons. The van der Waals surface area contributed by atoms with Gasteiger partial charge in [-0.05, 0) is 5.92 Å². The van der Waals surface area contributed by atoms with Gasteiger partial charge in [0.2, 0.25) is 10.0 Å². The van der Waals surface area contributed by atoms with E-state index in [0.717, 1.165) is 0 Å². The highest BCUT2D eigenvalue weighted by molar-refractivity contribution is 7.89. The molecule has 0 aromatic carbocycles. The minimum Gasteiger partial charge on any atom is -0.481 e. The van der Waals surface area contributed by atoms with E-state index < -0.39 is 27.9 Å². The van der Waals surface area contributed by atoms with Crippen molar-refractivity contribution in [2.45, 2.75) is 13.8 Å². The number of nitrogens with one attached hydrogen (secondary N) is 2. The average molecular weight is 307 g/mol. The summed E-state index contributed by atoms with van der Waals surface area (Å²) in [5.41, 5.74) is 0. The number of amides is 2. The molecule has 1 heterocycles. The van der Waals surface area contributed by atoms with E-state index in [1.165, 1.54) is 4.90 Å². The SMILES string of the molecule is CCNS(=O)(=O)CCNC(=O)N1CC(C)C(C(=O)O)C1. The van der Waals surface area contributed by atoms with Crippen LogP contribution in [0.15, 0.2) is 0 Å². The Hall–Kier alpha value is -1.35. The van der Waals surface area contributed by atoms with Crippen LogP contribution < -0.4 is 10.0 Å². The normalized spacial score (nSPS) is 22.8. The largest absolute Gasteiger partial charge is 0.481 e.